The van der Waals surface area contributed by atoms with Crippen molar-refractivity contribution in [2.24, 2.45) is 0 Å². The van der Waals surface area contributed by atoms with Gasteiger partial charge < -0.3 is 5.32 Å². The fourth-order valence-corrected chi connectivity index (χ4v) is 4.15. The smallest absolute Gasteiger partial charge is 0.0499 e. The zero-order valence-corrected chi connectivity index (χ0v) is 13.0. The first-order valence-corrected chi connectivity index (χ1v) is 8.34. The number of hydrogen-bond acceptors (Lipinski definition) is 3. The summed E-state index contributed by atoms with van der Waals surface area (Å²) < 4.78 is 0. The predicted octanol–water partition coefficient (Wildman–Crippen LogP) is 4.22. The fraction of sp³-hybridized carbons (Fsp3) is 0.471. The van der Waals surface area contributed by atoms with Crippen LogP contribution in [0.1, 0.15) is 52.7 Å². The number of rotatable bonds is 5. The van der Waals surface area contributed by atoms with Gasteiger partial charge in [0.15, 0.2) is 0 Å². The molecule has 2 unspecified atom stereocenters. The first-order valence-electron chi connectivity index (χ1n) is 7.53. The van der Waals surface area contributed by atoms with Crippen LogP contribution >= 0.6 is 11.3 Å². The fourth-order valence-electron chi connectivity index (χ4n) is 3.13. The minimum atomic E-state index is 0.421. The molecule has 0 fully saturated rings. The number of pyridine rings is 1. The van der Waals surface area contributed by atoms with Gasteiger partial charge in [0.2, 0.25) is 0 Å². The second-order valence-electron chi connectivity index (χ2n) is 5.57. The molecule has 2 atom stereocenters. The minimum Gasteiger partial charge on any atom is -0.309 e. The third-order valence-electron chi connectivity index (χ3n) is 4.09. The van der Waals surface area contributed by atoms with E-state index in [0.29, 0.717) is 12.0 Å². The lowest BCUT2D eigenvalue weighted by Crippen LogP contribution is -2.26. The first kappa shape index (κ1) is 13.8. The molecule has 2 nitrogen and oxygen atoms in total. The molecule has 2 heterocycles. The van der Waals surface area contributed by atoms with E-state index in [1.54, 1.807) is 0 Å². The van der Waals surface area contributed by atoms with Gasteiger partial charge in [-0.15, -0.1) is 11.3 Å². The third-order valence-corrected chi connectivity index (χ3v) is 5.17. The zero-order chi connectivity index (χ0) is 13.9. The second kappa shape index (κ2) is 6.06. The molecule has 0 aromatic carbocycles. The molecule has 0 amide bonds. The van der Waals surface area contributed by atoms with Crippen molar-refractivity contribution in [3.8, 4) is 0 Å². The quantitative estimate of drug-likeness (QED) is 0.890. The number of aryl methyl sites for hydroxylation is 2. The lowest BCUT2D eigenvalue weighted by atomic mass is 9.95. The van der Waals surface area contributed by atoms with Gasteiger partial charge in [-0.2, -0.15) is 0 Å². The van der Waals surface area contributed by atoms with Crippen LogP contribution in [0.2, 0.25) is 0 Å². The number of thiophene rings is 1. The van der Waals surface area contributed by atoms with Crippen LogP contribution in [0, 0.1) is 6.92 Å². The molecule has 1 aliphatic carbocycles. The summed E-state index contributed by atoms with van der Waals surface area (Å²) in [5.41, 5.74) is 2.75. The Morgan fingerprint density at radius 1 is 1.40 bits per heavy atom. The molecule has 3 heteroatoms. The van der Waals surface area contributed by atoms with Gasteiger partial charge in [-0.05, 0) is 56.5 Å². The van der Waals surface area contributed by atoms with Crippen LogP contribution in [0.15, 0.2) is 30.5 Å². The van der Waals surface area contributed by atoms with Crippen LogP contribution < -0.4 is 5.32 Å². The van der Waals surface area contributed by atoms with Crippen molar-refractivity contribution in [1.82, 2.24) is 10.3 Å². The molecular weight excluding hydrogens is 264 g/mol. The summed E-state index contributed by atoms with van der Waals surface area (Å²) >= 11 is 1.92. The van der Waals surface area contributed by atoms with Crippen LogP contribution in [-0.2, 0) is 6.42 Å². The van der Waals surface area contributed by atoms with E-state index in [2.05, 4.69) is 48.4 Å². The topological polar surface area (TPSA) is 24.9 Å². The van der Waals surface area contributed by atoms with Gasteiger partial charge in [-0.1, -0.05) is 13.0 Å². The lowest BCUT2D eigenvalue weighted by molar-refractivity contribution is 0.443. The number of nitrogens with one attached hydrogen (secondary N) is 1. The van der Waals surface area contributed by atoms with E-state index in [9.17, 15) is 0 Å². The van der Waals surface area contributed by atoms with Crippen molar-refractivity contribution < 1.29 is 0 Å². The molecule has 0 bridgehead atoms. The van der Waals surface area contributed by atoms with Gasteiger partial charge >= 0.3 is 0 Å². The molecule has 0 radical (unpaired) electrons. The number of aromatic nitrogens is 1. The van der Waals surface area contributed by atoms with E-state index in [1.165, 1.54) is 40.3 Å². The molecule has 0 aliphatic heterocycles. The number of nitrogens with zero attached hydrogens (tertiary/aromatic N) is 1. The minimum absolute atomic E-state index is 0.421. The second-order valence-corrected chi connectivity index (χ2v) is 6.89. The summed E-state index contributed by atoms with van der Waals surface area (Å²) in [6, 6.07) is 9.23. The monoisotopic (exact) mass is 286 g/mol. The van der Waals surface area contributed by atoms with Gasteiger partial charge in [-0.3, -0.25) is 4.98 Å². The highest BCUT2D eigenvalue weighted by atomic mass is 32.1. The van der Waals surface area contributed by atoms with Crippen LogP contribution in [0.3, 0.4) is 0 Å². The van der Waals surface area contributed by atoms with Crippen LogP contribution in [0.25, 0.3) is 0 Å². The van der Waals surface area contributed by atoms with E-state index in [1.807, 2.05) is 17.5 Å². The summed E-state index contributed by atoms with van der Waals surface area (Å²) in [6.07, 6.45) is 5.49. The Kier molecular flexibility index (Phi) is 4.18. The molecule has 0 saturated carbocycles. The highest BCUT2D eigenvalue weighted by Crippen LogP contribution is 2.42. The molecule has 2 aromatic rings. The molecular formula is C17H22N2S. The number of hydrogen-bond donors (Lipinski definition) is 1. The van der Waals surface area contributed by atoms with Crippen molar-refractivity contribution in [3.63, 3.8) is 0 Å². The Hall–Kier alpha value is -1.19. The van der Waals surface area contributed by atoms with Crippen molar-refractivity contribution in [1.29, 1.82) is 0 Å². The van der Waals surface area contributed by atoms with Crippen molar-refractivity contribution in [2.75, 3.05) is 6.54 Å². The summed E-state index contributed by atoms with van der Waals surface area (Å²) in [7, 11) is 0. The van der Waals surface area contributed by atoms with E-state index >= 15 is 0 Å². The van der Waals surface area contributed by atoms with Gasteiger partial charge in [0.25, 0.3) is 0 Å². The maximum atomic E-state index is 4.67. The Labute approximate surface area is 125 Å². The van der Waals surface area contributed by atoms with Crippen LogP contribution in [-0.4, -0.2) is 11.5 Å². The average Bonchev–Trinajstić information content (AvgIpc) is 3.07. The average molecular weight is 286 g/mol. The van der Waals surface area contributed by atoms with Crippen LogP contribution in [0.5, 0.6) is 0 Å². The molecule has 1 N–H and O–H groups in total. The van der Waals surface area contributed by atoms with Crippen LogP contribution in [0.4, 0.5) is 0 Å². The van der Waals surface area contributed by atoms with Crippen molar-refractivity contribution >= 4 is 11.3 Å². The Morgan fingerprint density at radius 3 is 3.05 bits per heavy atom. The highest BCUT2D eigenvalue weighted by molar-refractivity contribution is 7.12. The van der Waals surface area contributed by atoms with E-state index in [4.69, 9.17) is 0 Å². The van der Waals surface area contributed by atoms with Crippen molar-refractivity contribution in [3.05, 3.63) is 51.5 Å². The molecule has 3 rings (SSSR count). The summed E-state index contributed by atoms with van der Waals surface area (Å²) in [5.74, 6) is 0.524. The normalized spacial score (nSPS) is 19.0. The molecule has 2 aromatic heterocycles. The van der Waals surface area contributed by atoms with E-state index in [-0.39, 0.29) is 0 Å². The maximum absolute atomic E-state index is 4.67. The standard InChI is InChI=1S/C17H22N2S/c1-3-10-18-17(15-9-6-12(2)20-15)14-8-7-13-5-4-11-19-16(13)14/h4-6,9,11,14,17-18H,3,7-8,10H2,1-2H3. The van der Waals surface area contributed by atoms with Crippen molar-refractivity contribution in [2.45, 2.75) is 45.1 Å². The zero-order valence-electron chi connectivity index (χ0n) is 12.2. The summed E-state index contributed by atoms with van der Waals surface area (Å²) in [4.78, 5) is 7.52. The Bertz CT molecular complexity index is 576. The Balaban J connectivity index is 1.90. The SMILES string of the molecule is CCCNC(c1ccc(C)s1)C1CCc2cccnc21. The Morgan fingerprint density at radius 2 is 2.30 bits per heavy atom. The first-order chi connectivity index (χ1) is 9.79. The highest BCUT2D eigenvalue weighted by Gasteiger charge is 2.32. The van der Waals surface area contributed by atoms with E-state index < -0.39 is 0 Å². The predicted molar refractivity (Wildman–Crippen MR) is 85.4 cm³/mol. The molecule has 1 aliphatic rings. The third kappa shape index (κ3) is 2.65. The van der Waals surface area contributed by atoms with Gasteiger partial charge in [0.1, 0.15) is 0 Å². The summed E-state index contributed by atoms with van der Waals surface area (Å²) in [6.45, 7) is 5.48. The maximum Gasteiger partial charge on any atom is 0.0499 e. The number of fused-ring (bicyclic) bond motifs is 1. The van der Waals surface area contributed by atoms with Gasteiger partial charge in [0.05, 0.1) is 0 Å². The summed E-state index contributed by atoms with van der Waals surface area (Å²) in [5, 5.41) is 3.75. The molecule has 0 saturated heterocycles. The molecule has 0 spiro atoms. The van der Waals surface area contributed by atoms with Gasteiger partial charge in [0, 0.05) is 33.6 Å². The molecule has 20 heavy (non-hydrogen) atoms. The largest absolute Gasteiger partial charge is 0.309 e. The van der Waals surface area contributed by atoms with Gasteiger partial charge in [-0.25, -0.2) is 0 Å². The van der Waals surface area contributed by atoms with E-state index in [0.717, 1.165) is 6.54 Å². The molecule has 106 valence electrons. The lowest BCUT2D eigenvalue weighted by Gasteiger charge is -2.24.